The molecule has 7 heteroatoms. The summed E-state index contributed by atoms with van der Waals surface area (Å²) >= 11 is 1.35. The number of carbonyl (C=O) groups excluding carboxylic acids is 1. The van der Waals surface area contributed by atoms with Crippen LogP contribution in [0.3, 0.4) is 0 Å². The Labute approximate surface area is 103 Å². The van der Waals surface area contributed by atoms with Crippen LogP contribution in [0.25, 0.3) is 0 Å². The van der Waals surface area contributed by atoms with E-state index < -0.39 is 29.0 Å². The molecule has 0 atom stereocenters. The number of benzene rings is 1. The fourth-order valence-electron chi connectivity index (χ4n) is 0.721. The number of rotatable bonds is 1. The van der Waals surface area contributed by atoms with E-state index in [1.807, 2.05) is 0 Å². The second-order valence-corrected chi connectivity index (χ2v) is 3.30. The molecule has 0 aliphatic rings. The van der Waals surface area contributed by atoms with Crippen LogP contribution in [-0.4, -0.2) is 5.97 Å². The number of carbonyl (C=O) groups is 1. The minimum absolute atomic E-state index is 0. The maximum absolute atomic E-state index is 12.7. The van der Waals surface area contributed by atoms with E-state index in [-0.39, 0.29) is 22.4 Å². The first kappa shape index (κ1) is 13.8. The molecule has 0 N–H and O–H groups in total. The van der Waals surface area contributed by atoms with Gasteiger partial charge in [0.15, 0.2) is 17.5 Å². The molecule has 0 aromatic heterocycles. The fraction of sp³-hybridized carbons (Fsp3) is 0. The molecule has 0 unspecified atom stereocenters. The molecule has 0 aliphatic heterocycles. The number of hydrogen-bond donors (Lipinski definition) is 0. The van der Waals surface area contributed by atoms with Gasteiger partial charge in [0, 0.05) is 5.56 Å². The third-order valence-electron chi connectivity index (χ3n) is 1.32. The van der Waals surface area contributed by atoms with Crippen molar-refractivity contribution in [2.45, 2.75) is 0 Å². The summed E-state index contributed by atoms with van der Waals surface area (Å²) in [4.78, 5) is 10.2. The van der Waals surface area contributed by atoms with Gasteiger partial charge in [-0.2, -0.15) is 0 Å². The maximum atomic E-state index is 12.7. The van der Waals surface area contributed by atoms with Crippen LogP contribution in [0.15, 0.2) is 6.07 Å². The third-order valence-corrected chi connectivity index (χ3v) is 2.11. The van der Waals surface area contributed by atoms with Gasteiger partial charge >= 0.3 is 18.9 Å². The third kappa shape index (κ3) is 2.43. The molecule has 1 rings (SSSR count). The van der Waals surface area contributed by atoms with Gasteiger partial charge in [-0.3, -0.25) is 0 Å². The van der Waals surface area contributed by atoms with E-state index in [0.29, 0.717) is 6.07 Å². The van der Waals surface area contributed by atoms with Gasteiger partial charge in [-0.05, 0) is 28.7 Å². The summed E-state index contributed by atoms with van der Waals surface area (Å²) in [5, 5.41) is 10.2. The molecular weight excluding hydrogens is 307 g/mol. The monoisotopic (exact) mass is 308 g/mol. The van der Waals surface area contributed by atoms with Crippen molar-refractivity contribution < 1.29 is 41.9 Å². The van der Waals surface area contributed by atoms with Gasteiger partial charge in [0.2, 0.25) is 0 Å². The average molecular weight is 308 g/mol. The zero-order chi connectivity index (χ0) is 10.2. The first-order valence-electron chi connectivity index (χ1n) is 2.99. The molecule has 14 heavy (non-hydrogen) atoms. The van der Waals surface area contributed by atoms with Crippen LogP contribution < -0.4 is 24.0 Å². The van der Waals surface area contributed by atoms with E-state index in [1.165, 1.54) is 22.6 Å². The van der Waals surface area contributed by atoms with Gasteiger partial charge in [0.25, 0.3) is 0 Å². The van der Waals surface area contributed by atoms with Gasteiger partial charge in [-0.1, -0.05) is 0 Å². The molecule has 0 saturated heterocycles. The van der Waals surface area contributed by atoms with Crippen LogP contribution in [0.2, 0.25) is 0 Å². The van der Waals surface area contributed by atoms with Crippen molar-refractivity contribution in [2.24, 2.45) is 0 Å². The summed E-state index contributed by atoms with van der Waals surface area (Å²) in [5.41, 5.74) is -0.983. The summed E-state index contributed by atoms with van der Waals surface area (Å²) in [6, 6.07) is 0.670. The Morgan fingerprint density at radius 2 is 1.71 bits per heavy atom. The van der Waals surface area contributed by atoms with Crippen molar-refractivity contribution in [3.63, 3.8) is 0 Å². The first-order valence-corrected chi connectivity index (χ1v) is 4.07. The molecule has 0 heterocycles. The summed E-state index contributed by atoms with van der Waals surface area (Å²) in [7, 11) is 0. The molecule has 1 aromatic carbocycles. The van der Waals surface area contributed by atoms with Gasteiger partial charge in [0.05, 0.1) is 9.54 Å². The van der Waals surface area contributed by atoms with Crippen LogP contribution in [0.1, 0.15) is 10.4 Å². The van der Waals surface area contributed by atoms with Crippen molar-refractivity contribution >= 4 is 28.6 Å². The van der Waals surface area contributed by atoms with E-state index >= 15 is 0 Å². The second kappa shape index (κ2) is 5.05. The Hall–Kier alpha value is -0.193. The molecule has 0 amide bonds. The largest absolute Gasteiger partial charge is 1.00 e. The molecule has 0 saturated carbocycles. The van der Waals surface area contributed by atoms with Crippen molar-refractivity contribution in [3.8, 4) is 0 Å². The molecule has 0 bridgehead atoms. The topological polar surface area (TPSA) is 40.1 Å². The summed E-state index contributed by atoms with van der Waals surface area (Å²) in [6.45, 7) is 0. The maximum Gasteiger partial charge on any atom is 1.00 e. The van der Waals surface area contributed by atoms with Crippen molar-refractivity contribution in [3.05, 3.63) is 32.7 Å². The summed E-state index contributed by atoms with van der Waals surface area (Å²) in [5.74, 6) is -6.82. The zero-order valence-electron chi connectivity index (χ0n) is 6.91. The molecule has 0 radical (unpaired) electrons. The molecular formula is C7HF3ILiO2. The number of carboxylic acids is 1. The molecule has 1 aromatic rings. The SMILES string of the molecule is O=C([O-])c1cc(I)c(F)c(F)c1F.[Li+]. The van der Waals surface area contributed by atoms with E-state index in [9.17, 15) is 23.1 Å². The Bertz CT molecular complexity index is 384. The molecule has 0 aliphatic carbocycles. The Kier molecular flexibility index (Phi) is 4.98. The standard InChI is InChI=1S/C7H2F3IO2.Li/c8-4-2(7(12)13)1-3(11)5(9)6(4)10;/h1H,(H,12,13);/q;+1/p-1. The second-order valence-electron chi connectivity index (χ2n) is 2.14. The molecule has 70 valence electrons. The van der Waals surface area contributed by atoms with Gasteiger partial charge in [-0.15, -0.1) is 0 Å². The van der Waals surface area contributed by atoms with E-state index in [0.717, 1.165) is 0 Å². The fourth-order valence-corrected chi connectivity index (χ4v) is 1.27. The number of halogens is 4. The van der Waals surface area contributed by atoms with E-state index in [2.05, 4.69) is 0 Å². The van der Waals surface area contributed by atoms with Crippen LogP contribution in [-0.2, 0) is 0 Å². The molecule has 0 spiro atoms. The predicted octanol–water partition coefficient (Wildman–Crippen LogP) is -1.92. The quantitative estimate of drug-likeness (QED) is 0.263. The average Bonchev–Trinajstić information content (AvgIpc) is 2.07. The molecule has 0 fully saturated rings. The Balaban J connectivity index is 0.00000169. The zero-order valence-corrected chi connectivity index (χ0v) is 9.06. The minimum Gasteiger partial charge on any atom is -0.545 e. The van der Waals surface area contributed by atoms with E-state index in [4.69, 9.17) is 0 Å². The van der Waals surface area contributed by atoms with Crippen molar-refractivity contribution in [1.29, 1.82) is 0 Å². The minimum atomic E-state index is -1.88. The summed E-state index contributed by atoms with van der Waals surface area (Å²) in [6.07, 6.45) is 0. The van der Waals surface area contributed by atoms with Crippen LogP contribution >= 0.6 is 22.6 Å². The number of carboxylic acid groups (broad SMARTS) is 1. The van der Waals surface area contributed by atoms with Gasteiger partial charge in [0.1, 0.15) is 0 Å². The number of hydrogen-bond acceptors (Lipinski definition) is 2. The van der Waals surface area contributed by atoms with E-state index in [1.54, 1.807) is 0 Å². The smallest absolute Gasteiger partial charge is 0.545 e. The van der Waals surface area contributed by atoms with Crippen LogP contribution in [0, 0.1) is 21.0 Å². The van der Waals surface area contributed by atoms with Crippen molar-refractivity contribution in [1.82, 2.24) is 0 Å². The Morgan fingerprint density at radius 3 is 2.14 bits per heavy atom. The number of aromatic carboxylic acids is 1. The van der Waals surface area contributed by atoms with Crippen LogP contribution in [0.4, 0.5) is 13.2 Å². The normalized spacial score (nSPS) is 9.43. The van der Waals surface area contributed by atoms with Gasteiger partial charge < -0.3 is 9.90 Å². The summed E-state index contributed by atoms with van der Waals surface area (Å²) < 4.78 is 37.5. The first-order chi connectivity index (χ1) is 5.95. The van der Waals surface area contributed by atoms with Crippen molar-refractivity contribution in [2.75, 3.05) is 0 Å². The van der Waals surface area contributed by atoms with Gasteiger partial charge in [-0.25, -0.2) is 13.2 Å². The Morgan fingerprint density at radius 1 is 1.21 bits per heavy atom. The predicted molar refractivity (Wildman–Crippen MR) is 43.4 cm³/mol. The molecule has 2 nitrogen and oxygen atoms in total. The van der Waals surface area contributed by atoms with Crippen LogP contribution in [0.5, 0.6) is 0 Å².